The molecule has 0 fully saturated rings. The largest absolute Gasteiger partial charge is 0.497 e. The minimum Gasteiger partial charge on any atom is -0.497 e. The van der Waals surface area contributed by atoms with Crippen molar-refractivity contribution in [3.8, 4) is 11.5 Å². The zero-order valence-electron chi connectivity index (χ0n) is 16.6. The van der Waals surface area contributed by atoms with E-state index < -0.39 is 0 Å². The van der Waals surface area contributed by atoms with Gasteiger partial charge in [-0.15, -0.1) is 0 Å². The molecule has 1 atom stereocenters. The van der Waals surface area contributed by atoms with Crippen LogP contribution in [0.4, 0.5) is 5.82 Å². The first-order valence-corrected chi connectivity index (χ1v) is 9.10. The van der Waals surface area contributed by atoms with Crippen LogP contribution in [0.5, 0.6) is 11.5 Å². The van der Waals surface area contributed by atoms with Crippen molar-refractivity contribution in [2.45, 2.75) is 47.2 Å². The Morgan fingerprint density at radius 3 is 2.58 bits per heavy atom. The van der Waals surface area contributed by atoms with Crippen molar-refractivity contribution in [1.82, 2.24) is 9.78 Å². The number of ether oxygens (including phenoxy) is 2. The van der Waals surface area contributed by atoms with E-state index in [0.29, 0.717) is 12.3 Å². The number of aryl methyl sites for hydroxylation is 2. The minimum atomic E-state index is -0.0313. The fourth-order valence-corrected chi connectivity index (χ4v) is 3.04. The molecule has 1 aromatic heterocycles. The van der Waals surface area contributed by atoms with E-state index in [1.165, 1.54) is 0 Å². The Kier molecular flexibility index (Phi) is 6.66. The molecule has 0 radical (unpaired) electrons. The van der Waals surface area contributed by atoms with Gasteiger partial charge in [0.05, 0.1) is 26.5 Å². The number of hydrogen-bond acceptors (Lipinski definition) is 4. The Bertz CT molecular complexity index is 755. The van der Waals surface area contributed by atoms with Gasteiger partial charge in [-0.05, 0) is 25.5 Å². The molecular formula is C20H29N3O3. The summed E-state index contributed by atoms with van der Waals surface area (Å²) in [6.45, 7) is 9.12. The van der Waals surface area contributed by atoms with Crippen molar-refractivity contribution in [1.29, 1.82) is 0 Å². The molecule has 1 aliphatic rings. The predicted molar refractivity (Wildman–Crippen MR) is 103 cm³/mol. The molecule has 0 saturated carbocycles. The molecule has 6 heteroatoms. The molecule has 0 saturated heterocycles. The summed E-state index contributed by atoms with van der Waals surface area (Å²) in [6, 6.07) is 7.62. The van der Waals surface area contributed by atoms with Gasteiger partial charge in [0, 0.05) is 30.2 Å². The highest BCUT2D eigenvalue weighted by Gasteiger charge is 2.29. The smallest absolute Gasteiger partial charge is 0.231 e. The number of aromatic nitrogens is 2. The van der Waals surface area contributed by atoms with Crippen LogP contribution in [0.3, 0.4) is 0 Å². The number of anilines is 1. The summed E-state index contributed by atoms with van der Waals surface area (Å²) in [7, 11) is 3.25. The van der Waals surface area contributed by atoms with Crippen LogP contribution >= 0.6 is 0 Å². The first-order valence-electron chi connectivity index (χ1n) is 9.10. The third-order valence-corrected chi connectivity index (χ3v) is 4.44. The maximum Gasteiger partial charge on any atom is 0.231 e. The van der Waals surface area contributed by atoms with Gasteiger partial charge in [-0.3, -0.25) is 9.69 Å². The maximum atomic E-state index is 12.9. The van der Waals surface area contributed by atoms with Gasteiger partial charge in [0.1, 0.15) is 17.3 Å². The standard InChI is InChI=1S/C18H23N3O3.C2H6/c1-12-7-8-21-17(9-13(2)19-21)20(18(12)22)11-14-5-6-15(23-3)10-16(14)24-4;1-2/h5-6,9-10,12H,7-8,11H2,1-4H3;1-2H3. The number of carbonyl (C=O) groups is 1. The van der Waals surface area contributed by atoms with Gasteiger partial charge in [0.25, 0.3) is 0 Å². The molecule has 0 bridgehead atoms. The number of amides is 1. The zero-order valence-corrected chi connectivity index (χ0v) is 16.6. The van der Waals surface area contributed by atoms with Crippen molar-refractivity contribution in [3.05, 3.63) is 35.5 Å². The second-order valence-electron chi connectivity index (χ2n) is 6.16. The average Bonchev–Trinajstić information content (AvgIpc) is 3.00. The number of fused-ring (bicyclic) bond motifs is 1. The third-order valence-electron chi connectivity index (χ3n) is 4.44. The van der Waals surface area contributed by atoms with E-state index in [4.69, 9.17) is 9.47 Å². The van der Waals surface area contributed by atoms with Crippen molar-refractivity contribution in [3.63, 3.8) is 0 Å². The maximum absolute atomic E-state index is 12.9. The molecule has 1 aliphatic heterocycles. The normalized spacial score (nSPS) is 16.3. The number of benzene rings is 1. The molecule has 3 rings (SSSR count). The first-order chi connectivity index (χ1) is 12.5. The molecule has 142 valence electrons. The summed E-state index contributed by atoms with van der Waals surface area (Å²) < 4.78 is 12.6. The molecule has 2 aromatic rings. The van der Waals surface area contributed by atoms with E-state index in [1.807, 2.05) is 61.5 Å². The molecule has 0 aliphatic carbocycles. The van der Waals surface area contributed by atoms with Crippen molar-refractivity contribution in [2.24, 2.45) is 5.92 Å². The van der Waals surface area contributed by atoms with Crippen molar-refractivity contribution >= 4 is 11.7 Å². The van der Waals surface area contributed by atoms with Crippen LogP contribution in [-0.2, 0) is 17.9 Å². The van der Waals surface area contributed by atoms with Gasteiger partial charge in [0.15, 0.2) is 0 Å². The lowest BCUT2D eigenvalue weighted by molar-refractivity contribution is -0.122. The molecule has 1 aromatic carbocycles. The van der Waals surface area contributed by atoms with E-state index in [2.05, 4.69) is 5.10 Å². The van der Waals surface area contributed by atoms with Gasteiger partial charge in [-0.25, -0.2) is 4.68 Å². The molecule has 0 N–H and O–H groups in total. The van der Waals surface area contributed by atoms with E-state index in [0.717, 1.165) is 35.8 Å². The van der Waals surface area contributed by atoms with E-state index in [-0.39, 0.29) is 11.8 Å². The Balaban J connectivity index is 0.00000117. The molecule has 0 spiro atoms. The highest BCUT2D eigenvalue weighted by Crippen LogP contribution is 2.30. The minimum absolute atomic E-state index is 0.0313. The molecule has 26 heavy (non-hydrogen) atoms. The number of methoxy groups -OCH3 is 2. The van der Waals surface area contributed by atoms with Crippen LogP contribution < -0.4 is 14.4 Å². The van der Waals surface area contributed by atoms with Crippen LogP contribution in [0, 0.1) is 12.8 Å². The molecule has 1 unspecified atom stereocenters. The van der Waals surface area contributed by atoms with Crippen LogP contribution in [0.1, 0.15) is 38.4 Å². The average molecular weight is 359 g/mol. The van der Waals surface area contributed by atoms with Gasteiger partial charge in [-0.2, -0.15) is 5.10 Å². The second-order valence-corrected chi connectivity index (χ2v) is 6.16. The monoisotopic (exact) mass is 359 g/mol. The summed E-state index contributed by atoms with van der Waals surface area (Å²) in [6.07, 6.45) is 0.795. The highest BCUT2D eigenvalue weighted by molar-refractivity contribution is 5.94. The second kappa shape index (κ2) is 8.74. The van der Waals surface area contributed by atoms with E-state index >= 15 is 0 Å². The van der Waals surface area contributed by atoms with Gasteiger partial charge < -0.3 is 9.47 Å². The fraction of sp³-hybridized carbons (Fsp3) is 0.500. The van der Waals surface area contributed by atoms with E-state index in [9.17, 15) is 4.79 Å². The number of rotatable bonds is 4. The zero-order chi connectivity index (χ0) is 19.3. The summed E-state index contributed by atoms with van der Waals surface area (Å²) in [4.78, 5) is 14.7. The Morgan fingerprint density at radius 1 is 1.19 bits per heavy atom. The van der Waals surface area contributed by atoms with Crippen LogP contribution in [0.2, 0.25) is 0 Å². The lowest BCUT2D eigenvalue weighted by atomic mass is 10.1. The summed E-state index contributed by atoms with van der Waals surface area (Å²) in [5.74, 6) is 2.37. The lowest BCUT2D eigenvalue weighted by Gasteiger charge is -2.24. The Labute approximate surface area is 155 Å². The Morgan fingerprint density at radius 2 is 1.92 bits per heavy atom. The molecular weight excluding hydrogens is 330 g/mol. The van der Waals surface area contributed by atoms with Crippen molar-refractivity contribution in [2.75, 3.05) is 19.1 Å². The van der Waals surface area contributed by atoms with Crippen LogP contribution in [-0.4, -0.2) is 29.9 Å². The summed E-state index contributed by atoms with van der Waals surface area (Å²) >= 11 is 0. The lowest BCUT2D eigenvalue weighted by Crippen LogP contribution is -2.34. The Hall–Kier alpha value is -2.50. The third kappa shape index (κ3) is 4.00. The SMILES string of the molecule is CC.COc1ccc(CN2C(=O)C(C)CCn3nc(C)cc32)c(OC)c1. The quantitative estimate of drug-likeness (QED) is 0.833. The predicted octanol–water partition coefficient (Wildman–Crippen LogP) is 3.81. The van der Waals surface area contributed by atoms with Crippen LogP contribution in [0.25, 0.3) is 0 Å². The van der Waals surface area contributed by atoms with E-state index in [1.54, 1.807) is 14.2 Å². The van der Waals surface area contributed by atoms with Gasteiger partial charge >= 0.3 is 0 Å². The fourth-order valence-electron chi connectivity index (χ4n) is 3.04. The van der Waals surface area contributed by atoms with Gasteiger partial charge in [-0.1, -0.05) is 20.8 Å². The number of hydrogen-bond donors (Lipinski definition) is 0. The van der Waals surface area contributed by atoms with Gasteiger partial charge in [0.2, 0.25) is 5.91 Å². The van der Waals surface area contributed by atoms with Crippen LogP contribution in [0.15, 0.2) is 24.3 Å². The topological polar surface area (TPSA) is 56.6 Å². The highest BCUT2D eigenvalue weighted by atomic mass is 16.5. The number of carbonyl (C=O) groups excluding carboxylic acids is 1. The molecule has 2 heterocycles. The molecule has 1 amide bonds. The first kappa shape index (κ1) is 19.8. The summed E-state index contributed by atoms with van der Waals surface area (Å²) in [5.41, 5.74) is 1.85. The summed E-state index contributed by atoms with van der Waals surface area (Å²) in [5, 5.41) is 4.51. The molecule has 6 nitrogen and oxygen atoms in total. The number of nitrogens with zero attached hydrogens (tertiary/aromatic N) is 3. The van der Waals surface area contributed by atoms with Crippen molar-refractivity contribution < 1.29 is 14.3 Å².